The van der Waals surface area contributed by atoms with Crippen molar-refractivity contribution in [3.05, 3.63) is 6.33 Å². The van der Waals surface area contributed by atoms with Crippen molar-refractivity contribution in [1.29, 1.82) is 5.41 Å². The minimum Gasteiger partial charge on any atom is -0.380 e. The third kappa shape index (κ3) is 0.426. The van der Waals surface area contributed by atoms with Gasteiger partial charge in [0.1, 0.15) is 6.33 Å². The lowest BCUT2D eigenvalue weighted by Gasteiger charge is -1.91. The molecule has 1 aliphatic rings. The van der Waals surface area contributed by atoms with Gasteiger partial charge in [-0.1, -0.05) is 0 Å². The first kappa shape index (κ1) is 5.10. The summed E-state index contributed by atoms with van der Waals surface area (Å²) in [5, 5.41) is 14.4. The number of fused-ring (bicyclic) bond motifs is 1. The van der Waals surface area contributed by atoms with Crippen molar-refractivity contribution in [3.8, 4) is 0 Å². The third-order valence-electron chi connectivity index (χ3n) is 1.23. The molecular weight excluding hydrogens is 132 g/mol. The molecule has 2 heterocycles. The van der Waals surface area contributed by atoms with Gasteiger partial charge < -0.3 is 5.73 Å². The fourth-order valence-corrected chi connectivity index (χ4v) is 0.747. The molecule has 0 bridgehead atoms. The molecular formula is C4H4N6. The number of nitrogens with one attached hydrogen (secondary N) is 1. The van der Waals surface area contributed by atoms with Gasteiger partial charge in [-0.15, -0.1) is 10.2 Å². The van der Waals surface area contributed by atoms with Crippen LogP contribution in [0, 0.1) is 5.41 Å². The van der Waals surface area contributed by atoms with Crippen LogP contribution >= 0.6 is 0 Å². The van der Waals surface area contributed by atoms with Crippen molar-refractivity contribution < 1.29 is 0 Å². The van der Waals surface area contributed by atoms with Crippen molar-refractivity contribution in [2.45, 2.75) is 0 Å². The van der Waals surface area contributed by atoms with Crippen LogP contribution in [0.5, 0.6) is 0 Å². The van der Waals surface area contributed by atoms with Crippen LogP contribution in [0.25, 0.3) is 0 Å². The fourth-order valence-electron chi connectivity index (χ4n) is 0.747. The van der Waals surface area contributed by atoms with Crippen LogP contribution in [0.15, 0.2) is 11.3 Å². The van der Waals surface area contributed by atoms with Crippen LogP contribution in [0.3, 0.4) is 0 Å². The van der Waals surface area contributed by atoms with Crippen LogP contribution in [0.1, 0.15) is 0 Å². The highest BCUT2D eigenvalue weighted by molar-refractivity contribution is 6.41. The van der Waals surface area contributed by atoms with Crippen LogP contribution < -0.4 is 5.73 Å². The standard InChI is InChI=1S/C4H4N6/c5-2-3(6)10-1-7-9-4(10)8-2/h1,6H,(H2,5,8,9). The van der Waals surface area contributed by atoms with Gasteiger partial charge >= 0.3 is 0 Å². The number of amidine groups is 1. The van der Waals surface area contributed by atoms with Gasteiger partial charge in [0, 0.05) is 0 Å². The van der Waals surface area contributed by atoms with E-state index >= 15 is 0 Å². The van der Waals surface area contributed by atoms with Gasteiger partial charge in [0.15, 0.2) is 11.7 Å². The molecule has 0 radical (unpaired) electrons. The zero-order valence-corrected chi connectivity index (χ0v) is 4.94. The Kier molecular flexibility index (Phi) is 0.717. The molecule has 0 saturated heterocycles. The average Bonchev–Trinajstić information content (AvgIpc) is 2.41. The molecule has 0 aliphatic carbocycles. The molecule has 1 aromatic heterocycles. The van der Waals surface area contributed by atoms with Crippen molar-refractivity contribution in [2.75, 3.05) is 0 Å². The highest BCUT2D eigenvalue weighted by Crippen LogP contribution is 2.11. The van der Waals surface area contributed by atoms with E-state index in [-0.39, 0.29) is 11.7 Å². The average molecular weight is 136 g/mol. The van der Waals surface area contributed by atoms with E-state index in [0.717, 1.165) is 0 Å². The van der Waals surface area contributed by atoms with E-state index < -0.39 is 0 Å². The van der Waals surface area contributed by atoms with Gasteiger partial charge in [-0.2, -0.15) is 4.99 Å². The Bertz CT molecular complexity index is 320. The van der Waals surface area contributed by atoms with Crippen molar-refractivity contribution in [3.63, 3.8) is 0 Å². The minimum absolute atomic E-state index is 0.139. The molecule has 1 aromatic rings. The lowest BCUT2D eigenvalue weighted by atomic mass is 10.5. The topological polar surface area (TPSA) is 92.9 Å². The van der Waals surface area contributed by atoms with Gasteiger partial charge in [-0.25, -0.2) is 4.57 Å². The Morgan fingerprint density at radius 1 is 1.60 bits per heavy atom. The van der Waals surface area contributed by atoms with Crippen molar-refractivity contribution in [2.24, 2.45) is 10.7 Å². The maximum Gasteiger partial charge on any atom is 0.258 e. The minimum atomic E-state index is 0.139. The summed E-state index contributed by atoms with van der Waals surface area (Å²) in [6, 6.07) is 0. The normalized spacial score (nSPS) is 15.2. The fraction of sp³-hybridized carbons (Fsp3) is 0. The smallest absolute Gasteiger partial charge is 0.258 e. The first-order valence-corrected chi connectivity index (χ1v) is 2.62. The first-order valence-electron chi connectivity index (χ1n) is 2.62. The number of rotatable bonds is 0. The predicted octanol–water partition coefficient (Wildman–Crippen LogP) is -0.894. The SMILES string of the molecule is N=C1C(N)=Nc2nncn21. The summed E-state index contributed by atoms with van der Waals surface area (Å²) in [5.74, 6) is 0.701. The van der Waals surface area contributed by atoms with Crippen LogP contribution in [0.4, 0.5) is 5.95 Å². The second-order valence-corrected chi connectivity index (χ2v) is 1.85. The number of aromatic nitrogens is 3. The summed E-state index contributed by atoms with van der Waals surface area (Å²) in [6.45, 7) is 0. The van der Waals surface area contributed by atoms with Gasteiger partial charge in [0.25, 0.3) is 5.95 Å². The van der Waals surface area contributed by atoms with Crippen LogP contribution in [-0.2, 0) is 0 Å². The Balaban J connectivity index is 2.68. The molecule has 6 nitrogen and oxygen atoms in total. The Hall–Kier alpha value is -1.72. The monoisotopic (exact) mass is 136 g/mol. The van der Waals surface area contributed by atoms with E-state index in [0.29, 0.717) is 5.95 Å². The van der Waals surface area contributed by atoms with E-state index in [1.165, 1.54) is 10.9 Å². The summed E-state index contributed by atoms with van der Waals surface area (Å²) in [6.07, 6.45) is 1.40. The molecule has 10 heavy (non-hydrogen) atoms. The Morgan fingerprint density at radius 2 is 2.40 bits per heavy atom. The lowest BCUT2D eigenvalue weighted by Crippen LogP contribution is -2.23. The Morgan fingerprint density at radius 3 is 3.10 bits per heavy atom. The maximum atomic E-state index is 7.28. The van der Waals surface area contributed by atoms with Crippen molar-refractivity contribution >= 4 is 17.6 Å². The van der Waals surface area contributed by atoms with Gasteiger partial charge in [0.05, 0.1) is 0 Å². The van der Waals surface area contributed by atoms with Crippen molar-refractivity contribution in [1.82, 2.24) is 14.8 Å². The molecule has 3 N–H and O–H groups in total. The molecule has 6 heteroatoms. The van der Waals surface area contributed by atoms with Gasteiger partial charge in [0.2, 0.25) is 0 Å². The number of nitrogens with zero attached hydrogens (tertiary/aromatic N) is 4. The number of hydrogen-bond donors (Lipinski definition) is 2. The molecule has 0 unspecified atom stereocenters. The zero-order chi connectivity index (χ0) is 7.14. The lowest BCUT2D eigenvalue weighted by molar-refractivity contribution is 1.08. The van der Waals surface area contributed by atoms with E-state index in [4.69, 9.17) is 11.1 Å². The second-order valence-electron chi connectivity index (χ2n) is 1.85. The molecule has 0 aromatic carbocycles. The van der Waals surface area contributed by atoms with E-state index in [2.05, 4.69) is 15.2 Å². The maximum absolute atomic E-state index is 7.28. The number of hydrogen-bond acceptors (Lipinski definition) is 5. The molecule has 50 valence electrons. The summed E-state index contributed by atoms with van der Waals surface area (Å²) in [7, 11) is 0. The highest BCUT2D eigenvalue weighted by Gasteiger charge is 2.18. The molecule has 2 rings (SSSR count). The molecule has 0 saturated carbocycles. The summed E-state index contributed by atoms with van der Waals surface area (Å²) >= 11 is 0. The highest BCUT2D eigenvalue weighted by atomic mass is 15.4. The van der Waals surface area contributed by atoms with E-state index in [1.54, 1.807) is 0 Å². The van der Waals surface area contributed by atoms with Gasteiger partial charge in [-0.05, 0) is 0 Å². The molecule has 0 spiro atoms. The molecule has 1 aliphatic heterocycles. The molecule has 0 fully saturated rings. The second kappa shape index (κ2) is 1.41. The summed E-state index contributed by atoms with van der Waals surface area (Å²) in [4.78, 5) is 3.75. The predicted molar refractivity (Wildman–Crippen MR) is 34.4 cm³/mol. The zero-order valence-electron chi connectivity index (χ0n) is 4.94. The van der Waals surface area contributed by atoms with E-state index in [9.17, 15) is 0 Å². The number of nitrogens with two attached hydrogens (primary N) is 1. The van der Waals surface area contributed by atoms with Gasteiger partial charge in [-0.3, -0.25) is 5.41 Å². The first-order chi connectivity index (χ1) is 4.79. The van der Waals surface area contributed by atoms with Crippen LogP contribution in [0.2, 0.25) is 0 Å². The quantitative estimate of drug-likeness (QED) is 0.484. The molecule has 0 atom stereocenters. The molecule has 0 amide bonds. The summed E-state index contributed by atoms with van der Waals surface area (Å²) < 4.78 is 1.41. The van der Waals surface area contributed by atoms with E-state index in [1.807, 2.05) is 0 Å². The largest absolute Gasteiger partial charge is 0.380 e. The van der Waals surface area contributed by atoms with Crippen LogP contribution in [-0.4, -0.2) is 26.4 Å². The number of aliphatic imine (C=N–C) groups is 1. The summed E-state index contributed by atoms with van der Waals surface area (Å²) in [5.41, 5.74) is 5.31. The Labute approximate surface area is 55.9 Å². The third-order valence-corrected chi connectivity index (χ3v) is 1.23.